The van der Waals surface area contributed by atoms with E-state index >= 15 is 0 Å². The molecule has 1 aromatic rings. The summed E-state index contributed by atoms with van der Waals surface area (Å²) in [6.45, 7) is 4.48. The molecule has 0 aromatic carbocycles. The first-order chi connectivity index (χ1) is 5.20. The van der Waals surface area contributed by atoms with E-state index in [0.29, 0.717) is 0 Å². The highest BCUT2D eigenvalue weighted by molar-refractivity contribution is 7.08. The van der Waals surface area contributed by atoms with Crippen LogP contribution in [0.1, 0.15) is 25.8 Å². The summed E-state index contributed by atoms with van der Waals surface area (Å²) in [4.78, 5) is 0. The summed E-state index contributed by atoms with van der Waals surface area (Å²) in [6.07, 6.45) is 2.37. The quantitative estimate of drug-likeness (QED) is 0.739. The lowest BCUT2D eigenvalue weighted by atomic mass is 10.0. The smallest absolute Gasteiger partial charge is 0.0455 e. The van der Waals surface area contributed by atoms with Gasteiger partial charge in [0.2, 0.25) is 0 Å². The minimum atomic E-state index is 0.772. The number of thiophene rings is 1. The lowest BCUT2D eigenvalue weighted by molar-refractivity contribution is 0.588. The van der Waals surface area contributed by atoms with Crippen molar-refractivity contribution in [2.75, 3.05) is 5.73 Å². The first-order valence-corrected chi connectivity index (χ1v) is 4.95. The van der Waals surface area contributed by atoms with Crippen LogP contribution in [0.25, 0.3) is 0 Å². The monoisotopic (exact) mass is 169 g/mol. The van der Waals surface area contributed by atoms with Crippen LogP contribution in [0.5, 0.6) is 0 Å². The van der Waals surface area contributed by atoms with Gasteiger partial charge in [-0.25, -0.2) is 0 Å². The molecule has 1 rings (SSSR count). The largest absolute Gasteiger partial charge is 0.398 e. The number of rotatable bonds is 3. The molecule has 0 bridgehead atoms. The van der Waals surface area contributed by atoms with Crippen molar-refractivity contribution in [3.05, 3.63) is 16.3 Å². The van der Waals surface area contributed by atoms with Crippen LogP contribution < -0.4 is 5.73 Å². The third-order valence-corrected chi connectivity index (χ3v) is 2.58. The maximum Gasteiger partial charge on any atom is 0.0455 e. The van der Waals surface area contributed by atoms with E-state index in [1.807, 2.05) is 5.38 Å². The second kappa shape index (κ2) is 3.77. The molecule has 11 heavy (non-hydrogen) atoms. The van der Waals surface area contributed by atoms with Gasteiger partial charge in [0.1, 0.15) is 0 Å². The van der Waals surface area contributed by atoms with Crippen molar-refractivity contribution in [1.29, 1.82) is 0 Å². The van der Waals surface area contributed by atoms with Crippen molar-refractivity contribution < 1.29 is 0 Å². The number of hydrogen-bond acceptors (Lipinski definition) is 2. The molecular weight excluding hydrogens is 154 g/mol. The van der Waals surface area contributed by atoms with Crippen LogP contribution in [0.15, 0.2) is 10.8 Å². The Bertz CT molecular complexity index is 215. The summed E-state index contributed by atoms with van der Waals surface area (Å²) < 4.78 is 0. The molecule has 1 nitrogen and oxygen atoms in total. The van der Waals surface area contributed by atoms with Gasteiger partial charge in [0.15, 0.2) is 0 Å². The molecule has 0 aliphatic heterocycles. The molecule has 2 heteroatoms. The van der Waals surface area contributed by atoms with Gasteiger partial charge in [0.05, 0.1) is 0 Å². The van der Waals surface area contributed by atoms with Gasteiger partial charge in [-0.15, -0.1) is 11.3 Å². The third kappa shape index (κ3) is 2.54. The topological polar surface area (TPSA) is 26.0 Å². The van der Waals surface area contributed by atoms with Gasteiger partial charge in [-0.3, -0.25) is 0 Å². The van der Waals surface area contributed by atoms with E-state index in [1.54, 1.807) is 11.3 Å². The van der Waals surface area contributed by atoms with E-state index in [4.69, 9.17) is 5.73 Å². The van der Waals surface area contributed by atoms with Crippen molar-refractivity contribution in [3.63, 3.8) is 0 Å². The molecule has 0 spiro atoms. The van der Waals surface area contributed by atoms with Crippen LogP contribution in [-0.2, 0) is 6.42 Å². The molecule has 0 unspecified atom stereocenters. The van der Waals surface area contributed by atoms with Crippen LogP contribution in [0.3, 0.4) is 0 Å². The predicted octanol–water partition coefficient (Wildman–Crippen LogP) is 2.92. The molecule has 0 aliphatic rings. The van der Waals surface area contributed by atoms with Crippen molar-refractivity contribution in [2.45, 2.75) is 26.7 Å². The normalized spacial score (nSPS) is 10.8. The fraction of sp³-hybridized carbons (Fsp3) is 0.556. The molecule has 1 heterocycles. The maximum atomic E-state index is 5.74. The van der Waals surface area contributed by atoms with Gasteiger partial charge < -0.3 is 5.73 Å². The molecule has 0 aliphatic carbocycles. The fourth-order valence-electron chi connectivity index (χ4n) is 0.981. The Labute approximate surface area is 72.2 Å². The Morgan fingerprint density at radius 2 is 2.18 bits per heavy atom. The molecule has 2 N–H and O–H groups in total. The number of nitrogens with two attached hydrogens (primary N) is 1. The summed E-state index contributed by atoms with van der Waals surface area (Å²) in [7, 11) is 0. The zero-order chi connectivity index (χ0) is 8.27. The van der Waals surface area contributed by atoms with E-state index in [1.165, 1.54) is 12.0 Å². The van der Waals surface area contributed by atoms with Crippen molar-refractivity contribution in [1.82, 2.24) is 0 Å². The van der Waals surface area contributed by atoms with Crippen LogP contribution in [0, 0.1) is 5.92 Å². The van der Waals surface area contributed by atoms with E-state index in [2.05, 4.69) is 19.2 Å². The van der Waals surface area contributed by atoms with Gasteiger partial charge in [-0.05, 0) is 29.7 Å². The number of aryl methyl sites for hydroxylation is 1. The summed E-state index contributed by atoms with van der Waals surface area (Å²) in [5.74, 6) is 0.772. The van der Waals surface area contributed by atoms with E-state index in [-0.39, 0.29) is 0 Å². The molecule has 0 amide bonds. The summed E-state index contributed by atoms with van der Waals surface area (Å²) in [6, 6.07) is 0. The van der Waals surface area contributed by atoms with E-state index < -0.39 is 0 Å². The number of nitrogen functional groups attached to an aromatic ring is 1. The molecule has 0 fully saturated rings. The van der Waals surface area contributed by atoms with Crippen LogP contribution >= 0.6 is 11.3 Å². The van der Waals surface area contributed by atoms with Crippen LogP contribution in [-0.4, -0.2) is 0 Å². The number of anilines is 1. The van der Waals surface area contributed by atoms with Gasteiger partial charge in [0, 0.05) is 11.1 Å². The first kappa shape index (κ1) is 8.60. The Hall–Kier alpha value is -0.500. The van der Waals surface area contributed by atoms with Crippen LogP contribution in [0.2, 0.25) is 0 Å². The van der Waals surface area contributed by atoms with E-state index in [9.17, 15) is 0 Å². The molecule has 0 saturated heterocycles. The average molecular weight is 169 g/mol. The van der Waals surface area contributed by atoms with Crippen LogP contribution in [0.4, 0.5) is 5.69 Å². The first-order valence-electron chi connectivity index (χ1n) is 4.00. The summed E-state index contributed by atoms with van der Waals surface area (Å²) >= 11 is 1.69. The lowest BCUT2D eigenvalue weighted by Crippen LogP contribution is -1.93. The molecule has 62 valence electrons. The Balaban J connectivity index is 2.44. The highest BCUT2D eigenvalue weighted by Crippen LogP contribution is 2.20. The Morgan fingerprint density at radius 1 is 1.45 bits per heavy atom. The fourth-order valence-corrected chi connectivity index (χ4v) is 1.76. The van der Waals surface area contributed by atoms with Gasteiger partial charge in [0.25, 0.3) is 0 Å². The molecule has 0 atom stereocenters. The Kier molecular flexibility index (Phi) is 2.94. The number of hydrogen-bond donors (Lipinski definition) is 1. The molecular formula is C9H15NS. The minimum absolute atomic E-state index is 0.772. The highest BCUT2D eigenvalue weighted by atomic mass is 32.1. The standard InChI is InChI=1S/C9H15NS/c1-7(2)3-4-8-5-11-6-9(8)10/h5-7H,3-4,10H2,1-2H3. The zero-order valence-electron chi connectivity index (χ0n) is 7.13. The van der Waals surface area contributed by atoms with E-state index in [0.717, 1.165) is 18.0 Å². The van der Waals surface area contributed by atoms with Crippen molar-refractivity contribution in [3.8, 4) is 0 Å². The molecule has 1 aromatic heterocycles. The second-order valence-corrected chi connectivity index (χ2v) is 4.03. The third-order valence-electron chi connectivity index (χ3n) is 1.77. The molecule has 0 radical (unpaired) electrons. The van der Waals surface area contributed by atoms with Gasteiger partial charge in [-0.1, -0.05) is 13.8 Å². The predicted molar refractivity (Wildman–Crippen MR) is 51.9 cm³/mol. The summed E-state index contributed by atoms with van der Waals surface area (Å²) in [5.41, 5.74) is 8.03. The van der Waals surface area contributed by atoms with Gasteiger partial charge in [-0.2, -0.15) is 0 Å². The zero-order valence-corrected chi connectivity index (χ0v) is 7.95. The highest BCUT2D eigenvalue weighted by Gasteiger charge is 2.00. The minimum Gasteiger partial charge on any atom is -0.398 e. The van der Waals surface area contributed by atoms with Crippen molar-refractivity contribution >= 4 is 17.0 Å². The maximum absolute atomic E-state index is 5.74. The average Bonchev–Trinajstić information content (AvgIpc) is 2.31. The lowest BCUT2D eigenvalue weighted by Gasteiger charge is -2.02. The Morgan fingerprint density at radius 3 is 2.64 bits per heavy atom. The summed E-state index contributed by atoms with van der Waals surface area (Å²) in [5, 5.41) is 4.16. The molecule has 0 saturated carbocycles. The van der Waals surface area contributed by atoms with Crippen molar-refractivity contribution in [2.24, 2.45) is 5.92 Å². The SMILES string of the molecule is CC(C)CCc1cscc1N. The second-order valence-electron chi connectivity index (χ2n) is 3.28. The van der Waals surface area contributed by atoms with Gasteiger partial charge >= 0.3 is 0 Å².